The molecule has 3 N–H and O–H groups in total. The Bertz CT molecular complexity index is 2120. The summed E-state index contributed by atoms with van der Waals surface area (Å²) in [4.78, 5) is 85.9. The quantitative estimate of drug-likeness (QED) is 0.134. The molecule has 17 nitrogen and oxygen atoms in total. The zero-order chi connectivity index (χ0) is 55.6. The summed E-state index contributed by atoms with van der Waals surface area (Å²) >= 11 is 0. The number of cyclic esters (lactones) is 1. The average molecular weight is 1060 g/mol. The van der Waals surface area contributed by atoms with Crippen LogP contribution in [0.5, 0.6) is 0 Å². The Morgan fingerprint density at radius 2 is 1.55 bits per heavy atom. The Hall–Kier alpha value is -3.94. The molecule has 0 spiro atoms. The summed E-state index contributed by atoms with van der Waals surface area (Å²) < 4.78 is 41.3. The molecule has 3 saturated heterocycles. The fourth-order valence-electron chi connectivity index (χ4n) is 11.2. The summed E-state index contributed by atoms with van der Waals surface area (Å²) in [5.41, 5.74) is 0.168. The molecule has 0 aromatic carbocycles. The number of Topliss-reactive ketones (excluding diaryl/α,β-unsaturated/α-hetero) is 3. The third-order valence-corrected chi connectivity index (χ3v) is 16.4. The molecule has 422 valence electrons. The van der Waals surface area contributed by atoms with E-state index in [-0.39, 0.29) is 62.4 Å². The molecule has 15 atom stereocenters. The van der Waals surface area contributed by atoms with Crippen molar-refractivity contribution in [3.8, 4) is 0 Å². The molecular weight excluding hydrogens is 967 g/mol. The molecule has 0 unspecified atom stereocenters. The van der Waals surface area contributed by atoms with Gasteiger partial charge in [0.1, 0.15) is 41.7 Å². The fourth-order valence-corrected chi connectivity index (χ4v) is 11.2. The number of carbonyl (C=O) groups is 6. The molecule has 1 aliphatic carbocycles. The number of hydrogen-bond donors (Lipinski definition) is 3. The van der Waals surface area contributed by atoms with E-state index in [4.69, 9.17) is 33.2 Å². The van der Waals surface area contributed by atoms with Crippen LogP contribution in [0.4, 0.5) is 0 Å². The molecule has 0 radical (unpaired) electrons. The lowest BCUT2D eigenvalue weighted by molar-refractivity contribution is -0.283. The van der Waals surface area contributed by atoms with Gasteiger partial charge < -0.3 is 53.4 Å². The van der Waals surface area contributed by atoms with Crippen LogP contribution < -0.4 is 0 Å². The van der Waals surface area contributed by atoms with Gasteiger partial charge in [0.05, 0.1) is 31.5 Å². The van der Waals surface area contributed by atoms with Gasteiger partial charge >= 0.3 is 11.9 Å². The Morgan fingerprint density at radius 3 is 2.20 bits per heavy atom. The molecule has 1 saturated carbocycles. The number of fused-ring (bicyclic) bond motifs is 3. The SMILES string of the molecule is CO[C@H]1C[C@@H]2CC[C@@H](C)[C@@](O)(O2)C(=O)C(=O)N2CCCC[C@H]2C(=O)O[C@H]([C@@H](C)C[C@@H]2CC[C@@H](OC(=O)C3(C)COC(C)(C)OC3)[C@H](O)C2)CC(=O)[C@H](C)/C=C(\C)[C@@H](O)[C@@H](OC)C(=O)[C@H](C)C[C@H](C)/C=C/C=C/C=C/1C. The van der Waals surface area contributed by atoms with E-state index in [0.717, 1.165) is 10.5 Å². The number of aliphatic hydroxyl groups excluding tert-OH is 2. The van der Waals surface area contributed by atoms with E-state index in [1.165, 1.54) is 7.11 Å². The summed E-state index contributed by atoms with van der Waals surface area (Å²) in [5, 5.41) is 34.9. The minimum Gasteiger partial charge on any atom is -0.460 e. The fraction of sp³-hybridized carbons (Fsp3) is 0.759. The van der Waals surface area contributed by atoms with Crippen molar-refractivity contribution in [2.75, 3.05) is 34.0 Å². The minimum absolute atomic E-state index is 0.00537. The lowest BCUT2D eigenvalue weighted by Crippen LogP contribution is -2.61. The van der Waals surface area contributed by atoms with E-state index in [9.17, 15) is 44.1 Å². The van der Waals surface area contributed by atoms with Crippen molar-refractivity contribution in [3.05, 3.63) is 47.6 Å². The summed E-state index contributed by atoms with van der Waals surface area (Å²) in [6.45, 7) is 18.0. The third-order valence-electron chi connectivity index (χ3n) is 16.4. The predicted octanol–water partition coefficient (Wildman–Crippen LogP) is 6.87. The number of amides is 1. The van der Waals surface area contributed by atoms with E-state index >= 15 is 0 Å². The molecular formula is C58H89NO16. The van der Waals surface area contributed by atoms with Crippen molar-refractivity contribution in [1.82, 2.24) is 4.90 Å². The highest BCUT2D eigenvalue weighted by Crippen LogP contribution is 2.39. The van der Waals surface area contributed by atoms with Crippen LogP contribution in [-0.4, -0.2) is 150 Å². The van der Waals surface area contributed by atoms with Gasteiger partial charge in [0, 0.05) is 51.4 Å². The smallest absolute Gasteiger partial charge is 0.329 e. The molecule has 75 heavy (non-hydrogen) atoms. The number of ketones is 3. The first kappa shape index (κ1) is 61.9. The second kappa shape index (κ2) is 27.1. The van der Waals surface area contributed by atoms with Gasteiger partial charge in [0.25, 0.3) is 11.7 Å². The molecule has 0 aromatic heterocycles. The summed E-state index contributed by atoms with van der Waals surface area (Å²) in [7, 11) is 2.93. The number of esters is 2. The normalized spacial score (nSPS) is 39.2. The van der Waals surface area contributed by atoms with Gasteiger partial charge in [0.15, 0.2) is 11.6 Å². The van der Waals surface area contributed by atoms with Crippen molar-refractivity contribution in [1.29, 1.82) is 0 Å². The van der Waals surface area contributed by atoms with Crippen molar-refractivity contribution >= 4 is 35.2 Å². The lowest BCUT2D eigenvalue weighted by Gasteiger charge is -2.42. The zero-order valence-corrected chi connectivity index (χ0v) is 46.7. The number of piperidine rings is 1. The van der Waals surface area contributed by atoms with Crippen LogP contribution in [0.25, 0.3) is 0 Å². The van der Waals surface area contributed by atoms with E-state index in [2.05, 4.69) is 0 Å². The highest BCUT2D eigenvalue weighted by molar-refractivity contribution is 6.39. The largest absolute Gasteiger partial charge is 0.460 e. The van der Waals surface area contributed by atoms with Crippen molar-refractivity contribution < 1.29 is 77.2 Å². The standard InChI is InChI=1S/C58H89NO16/c1-34-18-14-13-15-19-35(2)47(69-11)30-42-23-21-40(7)58(68,75-42)52(64)53(65)59-25-17-16-20-43(59)54(66)73-48(31-44(60)36(3)27-39(6)50(63)51(70-12)49(62)38(5)26-34)37(4)28-41-22-24-46(45(61)29-41)74-55(67)57(10)32-71-56(8,9)72-33-57/h13-15,18-19,27,34,36-38,40-43,45-48,50-51,61,63,68H,16-17,20-26,28-33H2,1-12H3/b15-13+,18-14+,35-19+,39-27+/t34-,36-,37+,38-,40-,41+,42+,43+,45-,46-,47+,48+,50-,51+,58-/m1/s1. The Kier molecular flexibility index (Phi) is 22.4. The maximum absolute atomic E-state index is 14.6. The van der Waals surface area contributed by atoms with Crippen LogP contribution >= 0.6 is 0 Å². The Morgan fingerprint density at radius 1 is 0.853 bits per heavy atom. The van der Waals surface area contributed by atoms with Crippen molar-refractivity contribution in [3.63, 3.8) is 0 Å². The Balaban J connectivity index is 1.42. The second-order valence-electron chi connectivity index (χ2n) is 23.3. The van der Waals surface area contributed by atoms with E-state index in [0.29, 0.717) is 63.4 Å². The molecule has 17 heteroatoms. The number of allylic oxidation sites excluding steroid dienone is 6. The summed E-state index contributed by atoms with van der Waals surface area (Å²) in [6.07, 6.45) is 8.92. The number of rotatable bonds is 7. The van der Waals surface area contributed by atoms with Gasteiger partial charge in [-0.3, -0.25) is 24.0 Å². The maximum atomic E-state index is 14.6. The highest BCUT2D eigenvalue weighted by atomic mass is 16.7. The van der Waals surface area contributed by atoms with Crippen LogP contribution in [0, 0.1) is 40.9 Å². The number of aliphatic hydroxyl groups is 3. The molecule has 2 bridgehead atoms. The van der Waals surface area contributed by atoms with E-state index < -0.39 is 113 Å². The van der Waals surface area contributed by atoms with Crippen LogP contribution in [0.2, 0.25) is 0 Å². The zero-order valence-electron chi connectivity index (χ0n) is 46.7. The topological polar surface area (TPSA) is 231 Å². The highest BCUT2D eigenvalue weighted by Gasteiger charge is 2.53. The van der Waals surface area contributed by atoms with Crippen LogP contribution in [-0.2, 0) is 61.9 Å². The Labute approximate surface area is 445 Å². The number of methoxy groups -OCH3 is 2. The monoisotopic (exact) mass is 1060 g/mol. The lowest BCUT2D eigenvalue weighted by atomic mass is 9.78. The maximum Gasteiger partial charge on any atom is 0.329 e. The van der Waals surface area contributed by atoms with E-state index in [1.54, 1.807) is 61.7 Å². The average Bonchev–Trinajstić information content (AvgIpc) is 3.37. The van der Waals surface area contributed by atoms with Crippen molar-refractivity contribution in [2.24, 2.45) is 40.9 Å². The molecule has 5 aliphatic rings. The van der Waals surface area contributed by atoms with Gasteiger partial charge in [-0.25, -0.2) is 4.79 Å². The molecule has 0 aromatic rings. The van der Waals surface area contributed by atoms with Gasteiger partial charge in [-0.2, -0.15) is 0 Å². The molecule has 5 rings (SSSR count). The van der Waals surface area contributed by atoms with Crippen LogP contribution in [0.1, 0.15) is 146 Å². The molecule has 4 heterocycles. The first-order chi connectivity index (χ1) is 35.2. The number of hydrogen-bond acceptors (Lipinski definition) is 16. The van der Waals surface area contributed by atoms with Gasteiger partial charge in [-0.05, 0) is 128 Å². The summed E-state index contributed by atoms with van der Waals surface area (Å²) in [5.74, 6) is -10.1. The number of nitrogens with zero attached hydrogens (tertiary/aromatic N) is 1. The molecule has 4 fully saturated rings. The predicted molar refractivity (Wildman–Crippen MR) is 278 cm³/mol. The van der Waals surface area contributed by atoms with Crippen LogP contribution in [0.3, 0.4) is 0 Å². The first-order valence-electron chi connectivity index (χ1n) is 27.4. The number of ether oxygens (including phenoxy) is 7. The number of carbonyl (C=O) groups excluding carboxylic acids is 6. The van der Waals surface area contributed by atoms with Gasteiger partial charge in [0.2, 0.25) is 5.79 Å². The molecule has 1 amide bonds. The van der Waals surface area contributed by atoms with Gasteiger partial charge in [-0.1, -0.05) is 71.1 Å². The summed E-state index contributed by atoms with van der Waals surface area (Å²) in [6, 6.07) is -1.20. The third kappa shape index (κ3) is 16.1. The van der Waals surface area contributed by atoms with Crippen molar-refractivity contribution in [2.45, 2.75) is 207 Å². The first-order valence-corrected chi connectivity index (χ1v) is 27.4. The second-order valence-corrected chi connectivity index (χ2v) is 23.3. The molecule has 4 aliphatic heterocycles. The van der Waals surface area contributed by atoms with E-state index in [1.807, 2.05) is 51.2 Å². The van der Waals surface area contributed by atoms with Gasteiger partial charge in [-0.15, -0.1) is 0 Å². The van der Waals surface area contributed by atoms with Crippen LogP contribution in [0.15, 0.2) is 47.6 Å². The minimum atomic E-state index is -2.47.